The number of hydrogen-bond donors (Lipinski definition) is 0. The van der Waals surface area contributed by atoms with E-state index in [9.17, 15) is 9.59 Å². The summed E-state index contributed by atoms with van der Waals surface area (Å²) in [5, 5.41) is 0. The van der Waals surface area contributed by atoms with E-state index in [1.54, 1.807) is 11.8 Å². The van der Waals surface area contributed by atoms with Crippen molar-refractivity contribution in [3.8, 4) is 0 Å². The van der Waals surface area contributed by atoms with Crippen LogP contribution in [0.3, 0.4) is 0 Å². The molecule has 0 aromatic heterocycles. The van der Waals surface area contributed by atoms with Crippen LogP contribution in [0.5, 0.6) is 0 Å². The zero-order chi connectivity index (χ0) is 15.1. The molecule has 114 valence electrons. The third kappa shape index (κ3) is 5.10. The van der Waals surface area contributed by atoms with Crippen LogP contribution < -0.4 is 0 Å². The van der Waals surface area contributed by atoms with Crippen LogP contribution in [0.15, 0.2) is 30.3 Å². The molecule has 1 aliphatic carbocycles. The van der Waals surface area contributed by atoms with Gasteiger partial charge in [-0.2, -0.15) is 0 Å². The largest absolute Gasteiger partial charge is 0.466 e. The first kappa shape index (κ1) is 15.4. The maximum absolute atomic E-state index is 12.1. The van der Waals surface area contributed by atoms with Crippen LogP contribution >= 0.6 is 0 Å². The highest BCUT2D eigenvalue weighted by molar-refractivity contribution is 5.72. The fourth-order valence-electron chi connectivity index (χ4n) is 2.06. The Morgan fingerprint density at radius 1 is 1.19 bits per heavy atom. The van der Waals surface area contributed by atoms with E-state index in [2.05, 4.69) is 0 Å². The second-order valence-corrected chi connectivity index (χ2v) is 5.02. The lowest BCUT2D eigenvalue weighted by molar-refractivity contribution is -0.143. The molecule has 1 fully saturated rings. The Labute approximate surface area is 124 Å². The molecule has 1 saturated carbocycles. The molecule has 1 amide bonds. The number of nitrogens with zero attached hydrogens (tertiary/aromatic N) is 1. The molecule has 0 bridgehead atoms. The average Bonchev–Trinajstić information content (AvgIpc) is 3.31. The van der Waals surface area contributed by atoms with Crippen molar-refractivity contribution in [3.63, 3.8) is 0 Å². The number of rotatable bonds is 7. The molecule has 5 nitrogen and oxygen atoms in total. The Hall–Kier alpha value is -2.04. The van der Waals surface area contributed by atoms with Gasteiger partial charge in [-0.25, -0.2) is 4.79 Å². The fourth-order valence-corrected chi connectivity index (χ4v) is 2.06. The van der Waals surface area contributed by atoms with E-state index in [0.29, 0.717) is 13.2 Å². The van der Waals surface area contributed by atoms with Gasteiger partial charge < -0.3 is 14.4 Å². The van der Waals surface area contributed by atoms with E-state index in [0.717, 1.165) is 18.4 Å². The van der Waals surface area contributed by atoms with Crippen LogP contribution in [-0.4, -0.2) is 36.2 Å². The van der Waals surface area contributed by atoms with Crippen LogP contribution in [0, 0.1) is 0 Å². The summed E-state index contributed by atoms with van der Waals surface area (Å²) < 4.78 is 10.2. The minimum atomic E-state index is -0.356. The molecule has 0 atom stereocenters. The normalized spacial score (nSPS) is 13.6. The summed E-state index contributed by atoms with van der Waals surface area (Å²) in [7, 11) is 0. The maximum atomic E-state index is 12.1. The summed E-state index contributed by atoms with van der Waals surface area (Å²) in [6, 6.07) is 9.76. The zero-order valence-corrected chi connectivity index (χ0v) is 12.3. The van der Waals surface area contributed by atoms with Crippen molar-refractivity contribution in [3.05, 3.63) is 35.9 Å². The molecule has 0 N–H and O–H groups in total. The van der Waals surface area contributed by atoms with Crippen molar-refractivity contribution in [2.75, 3.05) is 13.2 Å². The van der Waals surface area contributed by atoms with E-state index in [-0.39, 0.29) is 31.1 Å². The molecule has 0 heterocycles. The highest BCUT2D eigenvalue weighted by atomic mass is 16.6. The van der Waals surface area contributed by atoms with Gasteiger partial charge in [-0.05, 0) is 25.3 Å². The predicted octanol–water partition coefficient (Wildman–Crippen LogP) is 2.74. The highest BCUT2D eigenvalue weighted by Gasteiger charge is 2.33. The molecule has 1 aromatic rings. The molecular weight excluding hydrogens is 270 g/mol. The van der Waals surface area contributed by atoms with Crippen molar-refractivity contribution in [2.45, 2.75) is 38.8 Å². The van der Waals surface area contributed by atoms with Gasteiger partial charge in [-0.15, -0.1) is 0 Å². The standard InChI is InChI=1S/C16H21NO4/c1-2-20-15(18)10-11-17(14-8-9-14)16(19)21-12-13-6-4-3-5-7-13/h3-7,14H,2,8-12H2,1H3. The van der Waals surface area contributed by atoms with Crippen LogP contribution in [0.4, 0.5) is 4.79 Å². The third-order valence-corrected chi connectivity index (χ3v) is 3.29. The van der Waals surface area contributed by atoms with E-state index >= 15 is 0 Å². The van der Waals surface area contributed by atoms with Gasteiger partial charge >= 0.3 is 12.1 Å². The van der Waals surface area contributed by atoms with Gasteiger partial charge in [0, 0.05) is 12.6 Å². The van der Waals surface area contributed by atoms with Crippen LogP contribution in [0.25, 0.3) is 0 Å². The fraction of sp³-hybridized carbons (Fsp3) is 0.500. The maximum Gasteiger partial charge on any atom is 0.410 e. The lowest BCUT2D eigenvalue weighted by Crippen LogP contribution is -2.35. The first-order valence-corrected chi connectivity index (χ1v) is 7.33. The quantitative estimate of drug-likeness (QED) is 0.725. The number of amides is 1. The summed E-state index contributed by atoms with van der Waals surface area (Å²) in [4.78, 5) is 25.2. The number of carbonyl (C=O) groups excluding carboxylic acids is 2. The zero-order valence-electron chi connectivity index (χ0n) is 12.3. The van der Waals surface area contributed by atoms with Gasteiger partial charge in [0.15, 0.2) is 0 Å². The second-order valence-electron chi connectivity index (χ2n) is 5.02. The van der Waals surface area contributed by atoms with Crippen molar-refractivity contribution in [2.24, 2.45) is 0 Å². The van der Waals surface area contributed by atoms with E-state index in [1.165, 1.54) is 0 Å². The lowest BCUT2D eigenvalue weighted by Gasteiger charge is -2.21. The smallest absolute Gasteiger partial charge is 0.410 e. The Balaban J connectivity index is 1.80. The van der Waals surface area contributed by atoms with Crippen LogP contribution in [0.2, 0.25) is 0 Å². The van der Waals surface area contributed by atoms with E-state index < -0.39 is 0 Å². The van der Waals surface area contributed by atoms with Crippen LogP contribution in [-0.2, 0) is 20.9 Å². The molecular formula is C16H21NO4. The van der Waals surface area contributed by atoms with E-state index in [1.807, 2.05) is 30.3 Å². The van der Waals surface area contributed by atoms with Crippen molar-refractivity contribution in [1.29, 1.82) is 0 Å². The van der Waals surface area contributed by atoms with Gasteiger partial charge in [0.05, 0.1) is 13.0 Å². The first-order valence-electron chi connectivity index (χ1n) is 7.33. The molecule has 21 heavy (non-hydrogen) atoms. The highest BCUT2D eigenvalue weighted by Crippen LogP contribution is 2.27. The Morgan fingerprint density at radius 3 is 2.52 bits per heavy atom. The average molecular weight is 291 g/mol. The molecule has 2 rings (SSSR count). The number of hydrogen-bond acceptors (Lipinski definition) is 4. The predicted molar refractivity (Wildman–Crippen MR) is 77.6 cm³/mol. The number of ether oxygens (including phenoxy) is 2. The molecule has 0 saturated heterocycles. The van der Waals surface area contributed by atoms with Crippen molar-refractivity contribution in [1.82, 2.24) is 4.90 Å². The summed E-state index contributed by atoms with van der Waals surface area (Å²) in [6.45, 7) is 2.74. The Kier molecular flexibility index (Phi) is 5.60. The molecule has 0 radical (unpaired) electrons. The minimum absolute atomic E-state index is 0.211. The first-order chi connectivity index (χ1) is 10.2. The Morgan fingerprint density at radius 2 is 1.90 bits per heavy atom. The van der Waals surface area contributed by atoms with Gasteiger partial charge in [0.2, 0.25) is 0 Å². The van der Waals surface area contributed by atoms with Gasteiger partial charge in [-0.1, -0.05) is 30.3 Å². The molecule has 1 aromatic carbocycles. The monoisotopic (exact) mass is 291 g/mol. The molecule has 0 spiro atoms. The molecule has 1 aliphatic rings. The number of carbonyl (C=O) groups is 2. The molecule has 0 aliphatic heterocycles. The summed E-state index contributed by atoms with van der Waals surface area (Å²) in [5.41, 5.74) is 0.951. The van der Waals surface area contributed by atoms with Crippen LogP contribution in [0.1, 0.15) is 31.7 Å². The topological polar surface area (TPSA) is 55.8 Å². The summed E-state index contributed by atoms with van der Waals surface area (Å²) >= 11 is 0. The summed E-state index contributed by atoms with van der Waals surface area (Å²) in [6.07, 6.45) is 1.81. The van der Waals surface area contributed by atoms with Crippen molar-refractivity contribution < 1.29 is 19.1 Å². The van der Waals surface area contributed by atoms with E-state index in [4.69, 9.17) is 9.47 Å². The lowest BCUT2D eigenvalue weighted by atomic mass is 10.2. The van der Waals surface area contributed by atoms with Gasteiger partial charge in [0.25, 0.3) is 0 Å². The molecule has 0 unspecified atom stereocenters. The van der Waals surface area contributed by atoms with Gasteiger partial charge in [0.1, 0.15) is 6.61 Å². The third-order valence-electron chi connectivity index (χ3n) is 3.29. The molecule has 5 heteroatoms. The van der Waals surface area contributed by atoms with Crippen molar-refractivity contribution >= 4 is 12.1 Å². The van der Waals surface area contributed by atoms with Gasteiger partial charge in [-0.3, -0.25) is 4.79 Å². The number of benzene rings is 1. The Bertz CT molecular complexity index is 470. The summed E-state index contributed by atoms with van der Waals surface area (Å²) in [5.74, 6) is -0.279. The number of esters is 1. The second kappa shape index (κ2) is 7.67. The SMILES string of the molecule is CCOC(=O)CCN(C(=O)OCc1ccccc1)C1CC1. The minimum Gasteiger partial charge on any atom is -0.466 e.